The molecular formula is C36H28N2S. The fraction of sp³-hybridized carbons (Fsp3) is 0.111. The summed E-state index contributed by atoms with van der Waals surface area (Å²) in [6.45, 7) is 0. The molecule has 0 bridgehead atoms. The van der Waals surface area contributed by atoms with Gasteiger partial charge < -0.3 is 10.3 Å². The van der Waals surface area contributed by atoms with E-state index in [0.29, 0.717) is 11.2 Å². The number of aryl methyl sites for hydroxylation is 1. The van der Waals surface area contributed by atoms with Gasteiger partial charge in [-0.25, -0.2) is 0 Å². The van der Waals surface area contributed by atoms with Crippen molar-refractivity contribution >= 4 is 40.0 Å². The number of allylic oxidation sites excluding steroid dienone is 4. The van der Waals surface area contributed by atoms with Gasteiger partial charge in [0.05, 0.1) is 11.2 Å². The molecule has 2 nitrogen and oxygen atoms in total. The van der Waals surface area contributed by atoms with Crippen molar-refractivity contribution < 1.29 is 0 Å². The average molecular weight is 521 g/mol. The van der Waals surface area contributed by atoms with E-state index in [-0.39, 0.29) is 0 Å². The van der Waals surface area contributed by atoms with Crippen molar-refractivity contribution in [1.29, 1.82) is 0 Å². The molecule has 2 N–H and O–H groups in total. The Bertz CT molecular complexity index is 1850. The van der Waals surface area contributed by atoms with Gasteiger partial charge in [0.2, 0.25) is 0 Å². The van der Waals surface area contributed by atoms with Crippen molar-refractivity contribution in [1.82, 2.24) is 4.57 Å². The fourth-order valence-electron chi connectivity index (χ4n) is 6.50. The summed E-state index contributed by atoms with van der Waals surface area (Å²) in [5.74, 6) is 0.349. The third kappa shape index (κ3) is 3.65. The molecule has 0 saturated heterocycles. The minimum absolute atomic E-state index is 0.349. The average Bonchev–Trinajstić information content (AvgIpc) is 3.52. The zero-order chi connectivity index (χ0) is 25.9. The molecule has 0 radical (unpaired) electrons. The first-order chi connectivity index (χ1) is 19.2. The van der Waals surface area contributed by atoms with E-state index in [2.05, 4.69) is 114 Å². The second-order valence-corrected chi connectivity index (χ2v) is 11.9. The van der Waals surface area contributed by atoms with Crippen LogP contribution >= 0.6 is 11.8 Å². The number of nitrogens with zero attached hydrogens (tertiary/aromatic N) is 1. The monoisotopic (exact) mass is 520 g/mol. The van der Waals surface area contributed by atoms with Crippen LogP contribution in [0.15, 0.2) is 120 Å². The van der Waals surface area contributed by atoms with Crippen molar-refractivity contribution in [2.75, 3.05) is 5.73 Å². The molecule has 0 fully saturated rings. The second kappa shape index (κ2) is 8.93. The first-order valence-electron chi connectivity index (χ1n) is 13.7. The quantitative estimate of drug-likeness (QED) is 0.241. The lowest BCUT2D eigenvalue weighted by atomic mass is 9.86. The van der Waals surface area contributed by atoms with Gasteiger partial charge in [-0.1, -0.05) is 78.9 Å². The summed E-state index contributed by atoms with van der Waals surface area (Å²) in [6, 6.07) is 32.9. The highest BCUT2D eigenvalue weighted by Crippen LogP contribution is 2.51. The van der Waals surface area contributed by atoms with E-state index >= 15 is 0 Å². The van der Waals surface area contributed by atoms with E-state index in [0.717, 1.165) is 18.5 Å². The Morgan fingerprint density at radius 1 is 0.821 bits per heavy atom. The number of aromatic nitrogens is 1. The van der Waals surface area contributed by atoms with Crippen molar-refractivity contribution in [3.8, 4) is 16.8 Å². The number of fused-ring (bicyclic) bond motifs is 6. The molecule has 2 atom stereocenters. The molecule has 0 amide bonds. The van der Waals surface area contributed by atoms with Gasteiger partial charge >= 0.3 is 0 Å². The van der Waals surface area contributed by atoms with Crippen LogP contribution in [0.1, 0.15) is 34.7 Å². The molecule has 5 aromatic rings. The summed E-state index contributed by atoms with van der Waals surface area (Å²) < 4.78 is 2.48. The molecule has 3 heteroatoms. The molecule has 2 heterocycles. The van der Waals surface area contributed by atoms with Gasteiger partial charge in [0.25, 0.3) is 0 Å². The van der Waals surface area contributed by atoms with Crippen LogP contribution in [-0.2, 0) is 6.42 Å². The predicted octanol–water partition coefficient (Wildman–Crippen LogP) is 9.05. The van der Waals surface area contributed by atoms with E-state index in [1.54, 1.807) is 0 Å². The summed E-state index contributed by atoms with van der Waals surface area (Å²) >= 11 is 1.98. The van der Waals surface area contributed by atoms with Gasteiger partial charge in [-0.3, -0.25) is 0 Å². The summed E-state index contributed by atoms with van der Waals surface area (Å²) in [5.41, 5.74) is 18.5. The van der Waals surface area contributed by atoms with Crippen molar-refractivity contribution in [2.24, 2.45) is 0 Å². The van der Waals surface area contributed by atoms with Crippen LogP contribution in [0, 0.1) is 0 Å². The maximum atomic E-state index is 5.94. The maximum Gasteiger partial charge on any atom is 0.0540 e. The number of anilines is 1. The molecule has 0 spiro atoms. The van der Waals surface area contributed by atoms with Gasteiger partial charge in [0, 0.05) is 38.4 Å². The Balaban J connectivity index is 1.25. The zero-order valence-electron chi connectivity index (χ0n) is 21.5. The lowest BCUT2D eigenvalue weighted by molar-refractivity contribution is 0.884. The molecule has 188 valence electrons. The van der Waals surface area contributed by atoms with Crippen molar-refractivity contribution in [3.05, 3.63) is 138 Å². The normalized spacial score (nSPS) is 19.0. The third-order valence-corrected chi connectivity index (χ3v) is 9.72. The number of hydrogen-bond donors (Lipinski definition) is 1. The third-order valence-electron chi connectivity index (χ3n) is 8.37. The number of para-hydroxylation sites is 2. The SMILES string of the molecule is Nc1ccc(-c2ccc3c(c2)C2C=C(c4ccccc4-n4c5c(c6ccccc64)CCC=C5)C=CC2S3)cc1. The first-order valence-corrected chi connectivity index (χ1v) is 14.6. The Labute approximate surface area is 233 Å². The highest BCUT2D eigenvalue weighted by atomic mass is 32.2. The van der Waals surface area contributed by atoms with E-state index in [1.165, 1.54) is 60.6 Å². The summed E-state index contributed by atoms with van der Waals surface area (Å²) in [4.78, 5) is 1.38. The minimum Gasteiger partial charge on any atom is -0.399 e. The Kier molecular flexibility index (Phi) is 5.21. The second-order valence-electron chi connectivity index (χ2n) is 10.6. The van der Waals surface area contributed by atoms with E-state index in [9.17, 15) is 0 Å². The van der Waals surface area contributed by atoms with E-state index < -0.39 is 0 Å². The van der Waals surface area contributed by atoms with Crippen LogP contribution in [0.4, 0.5) is 5.69 Å². The van der Waals surface area contributed by atoms with Crippen molar-refractivity contribution in [3.63, 3.8) is 0 Å². The summed E-state index contributed by atoms with van der Waals surface area (Å²) in [6.07, 6.45) is 14.1. The Morgan fingerprint density at radius 3 is 2.56 bits per heavy atom. The lowest BCUT2D eigenvalue weighted by Gasteiger charge is -2.22. The molecule has 3 aliphatic rings. The fourth-order valence-corrected chi connectivity index (χ4v) is 7.80. The molecule has 39 heavy (non-hydrogen) atoms. The van der Waals surface area contributed by atoms with Gasteiger partial charge in [-0.15, -0.1) is 11.8 Å². The molecule has 2 unspecified atom stereocenters. The molecule has 1 aromatic heterocycles. The predicted molar refractivity (Wildman–Crippen MR) is 166 cm³/mol. The number of nitrogens with two attached hydrogens (primary N) is 1. The Hall–Kier alpha value is -4.21. The van der Waals surface area contributed by atoms with Gasteiger partial charge in [0.1, 0.15) is 0 Å². The van der Waals surface area contributed by atoms with Crippen LogP contribution < -0.4 is 5.73 Å². The maximum absolute atomic E-state index is 5.94. The first kappa shape index (κ1) is 22.7. The topological polar surface area (TPSA) is 30.9 Å². The largest absolute Gasteiger partial charge is 0.399 e. The molecule has 2 aliphatic carbocycles. The van der Waals surface area contributed by atoms with Gasteiger partial charge in [0.15, 0.2) is 0 Å². The smallest absolute Gasteiger partial charge is 0.0540 e. The number of benzene rings is 4. The minimum atomic E-state index is 0.349. The number of thioether (sulfide) groups is 1. The van der Waals surface area contributed by atoms with Gasteiger partial charge in [-0.05, 0) is 83.1 Å². The standard InChI is InChI=1S/C36H28N2S/c37-26-17-13-23(14-18-26)24-15-19-35-30(21-24)31-22-25(16-20-36(31)39-35)27-7-1-4-10-32(27)38-33-11-5-2-8-28(33)29-9-3-6-12-34(29)38/h1-2,4-8,10-22,31,36H,3,9,37H2. The molecule has 8 rings (SSSR count). The lowest BCUT2D eigenvalue weighted by Crippen LogP contribution is -2.10. The highest BCUT2D eigenvalue weighted by molar-refractivity contribution is 8.00. The van der Waals surface area contributed by atoms with E-state index in [1.807, 2.05) is 23.9 Å². The number of nitrogen functional groups attached to an aromatic ring is 1. The van der Waals surface area contributed by atoms with Crippen molar-refractivity contribution in [2.45, 2.75) is 28.9 Å². The van der Waals surface area contributed by atoms with Crippen LogP contribution in [0.25, 0.3) is 39.4 Å². The number of rotatable bonds is 3. The zero-order valence-corrected chi connectivity index (χ0v) is 22.4. The summed E-state index contributed by atoms with van der Waals surface area (Å²) in [5, 5.41) is 1.80. The Morgan fingerprint density at radius 2 is 1.64 bits per heavy atom. The van der Waals surface area contributed by atoms with Crippen LogP contribution in [0.2, 0.25) is 0 Å². The molecule has 0 saturated carbocycles. The van der Waals surface area contributed by atoms with Crippen LogP contribution in [-0.4, -0.2) is 9.82 Å². The van der Waals surface area contributed by atoms with Crippen LogP contribution in [0.5, 0.6) is 0 Å². The molecule has 4 aromatic carbocycles. The summed E-state index contributed by atoms with van der Waals surface area (Å²) in [7, 11) is 0. The molecular weight excluding hydrogens is 492 g/mol. The number of hydrogen-bond acceptors (Lipinski definition) is 2. The highest BCUT2D eigenvalue weighted by Gasteiger charge is 2.33. The van der Waals surface area contributed by atoms with E-state index in [4.69, 9.17) is 5.73 Å². The molecule has 1 aliphatic heterocycles. The van der Waals surface area contributed by atoms with Gasteiger partial charge in [-0.2, -0.15) is 0 Å². The van der Waals surface area contributed by atoms with Crippen LogP contribution in [0.3, 0.4) is 0 Å².